The number of hydrogen-bond acceptors (Lipinski definition) is 2. The molecule has 0 aromatic heterocycles. The van der Waals surface area contributed by atoms with Gasteiger partial charge in [-0.3, -0.25) is 9.59 Å². The summed E-state index contributed by atoms with van der Waals surface area (Å²) in [6.07, 6.45) is 0.262. The number of fused-ring (bicyclic) bond motifs is 1. The number of benzene rings is 2. The van der Waals surface area contributed by atoms with Gasteiger partial charge in [0.25, 0.3) is 5.91 Å². The minimum Gasteiger partial charge on any atom is -0.274 e. The van der Waals surface area contributed by atoms with Gasteiger partial charge < -0.3 is 0 Å². The minimum absolute atomic E-state index is 0.189. The molecule has 0 saturated carbocycles. The Morgan fingerprint density at radius 1 is 0.947 bits per heavy atom. The van der Waals surface area contributed by atoms with Crippen LogP contribution in [0.1, 0.15) is 15.9 Å². The van der Waals surface area contributed by atoms with E-state index in [4.69, 9.17) is 0 Å². The van der Waals surface area contributed by atoms with E-state index in [0.29, 0.717) is 11.3 Å². The lowest BCUT2D eigenvalue weighted by Crippen LogP contribution is -2.42. The average molecular weight is 316 g/mol. The molecule has 1 aliphatic rings. The Labute approximate surface area is 119 Å². The summed E-state index contributed by atoms with van der Waals surface area (Å²) in [5, 5.41) is 0. The first kappa shape index (κ1) is 12.1. The van der Waals surface area contributed by atoms with E-state index in [-0.39, 0.29) is 18.2 Å². The third kappa shape index (κ3) is 2.08. The first-order valence-corrected chi connectivity index (χ1v) is 6.67. The van der Waals surface area contributed by atoms with Crippen molar-refractivity contribution >= 4 is 33.4 Å². The molecule has 3 rings (SSSR count). The van der Waals surface area contributed by atoms with Gasteiger partial charge in [0.1, 0.15) is 0 Å². The van der Waals surface area contributed by atoms with Gasteiger partial charge in [-0.1, -0.05) is 34.1 Å². The second-order valence-corrected chi connectivity index (χ2v) is 5.26. The predicted octanol–water partition coefficient (Wildman–Crippen LogP) is 3.18. The molecule has 1 aliphatic heterocycles. The van der Waals surface area contributed by atoms with Gasteiger partial charge in [0, 0.05) is 10.0 Å². The molecule has 3 nitrogen and oxygen atoms in total. The van der Waals surface area contributed by atoms with Crippen molar-refractivity contribution < 1.29 is 9.59 Å². The van der Waals surface area contributed by atoms with Gasteiger partial charge in [0.2, 0.25) is 5.91 Å². The Kier molecular flexibility index (Phi) is 2.95. The second kappa shape index (κ2) is 4.63. The Balaban J connectivity index is 2.06. The van der Waals surface area contributed by atoms with Gasteiger partial charge in [-0.25, -0.2) is 4.90 Å². The SMILES string of the molecule is O=C1Cc2ccccc2C(=O)N1c1ccc(Br)cc1. The van der Waals surface area contributed by atoms with Crippen LogP contribution in [0.3, 0.4) is 0 Å². The molecule has 0 saturated heterocycles. The lowest BCUT2D eigenvalue weighted by atomic mass is 9.98. The van der Waals surface area contributed by atoms with Gasteiger partial charge in [0.05, 0.1) is 12.1 Å². The molecule has 0 fully saturated rings. The molecule has 2 aromatic rings. The van der Waals surface area contributed by atoms with E-state index < -0.39 is 0 Å². The number of imide groups is 1. The molecule has 0 atom stereocenters. The summed E-state index contributed by atoms with van der Waals surface area (Å²) >= 11 is 3.34. The molecular formula is C15H10BrNO2. The van der Waals surface area contributed by atoms with E-state index in [1.807, 2.05) is 30.3 Å². The number of carbonyl (C=O) groups is 2. The zero-order valence-corrected chi connectivity index (χ0v) is 11.6. The molecule has 1 heterocycles. The van der Waals surface area contributed by atoms with Crippen LogP contribution in [0.25, 0.3) is 0 Å². The fraction of sp³-hybridized carbons (Fsp3) is 0.0667. The number of nitrogens with zero attached hydrogens (tertiary/aromatic N) is 1. The maximum atomic E-state index is 12.4. The first-order valence-electron chi connectivity index (χ1n) is 5.87. The molecular weight excluding hydrogens is 306 g/mol. The van der Waals surface area contributed by atoms with Crippen molar-refractivity contribution in [3.63, 3.8) is 0 Å². The van der Waals surface area contributed by atoms with Crippen LogP contribution in [-0.2, 0) is 11.2 Å². The van der Waals surface area contributed by atoms with Crippen LogP contribution in [0.15, 0.2) is 53.0 Å². The number of amides is 2. The molecule has 94 valence electrons. The topological polar surface area (TPSA) is 37.4 Å². The smallest absolute Gasteiger partial charge is 0.265 e. The summed E-state index contributed by atoms with van der Waals surface area (Å²) < 4.78 is 0.911. The van der Waals surface area contributed by atoms with Gasteiger partial charge in [-0.15, -0.1) is 0 Å². The number of halogens is 1. The normalized spacial score (nSPS) is 14.5. The third-order valence-electron chi connectivity index (χ3n) is 3.13. The van der Waals surface area contributed by atoms with E-state index >= 15 is 0 Å². The van der Waals surface area contributed by atoms with Crippen LogP contribution in [-0.4, -0.2) is 11.8 Å². The Morgan fingerprint density at radius 3 is 2.37 bits per heavy atom. The van der Waals surface area contributed by atoms with Crippen LogP contribution in [0.4, 0.5) is 5.69 Å². The highest BCUT2D eigenvalue weighted by molar-refractivity contribution is 9.10. The van der Waals surface area contributed by atoms with Gasteiger partial charge >= 0.3 is 0 Å². The van der Waals surface area contributed by atoms with Gasteiger partial charge in [0.15, 0.2) is 0 Å². The molecule has 4 heteroatoms. The fourth-order valence-electron chi connectivity index (χ4n) is 2.21. The zero-order chi connectivity index (χ0) is 13.4. The van der Waals surface area contributed by atoms with Gasteiger partial charge in [-0.05, 0) is 35.9 Å². The van der Waals surface area contributed by atoms with Crippen molar-refractivity contribution in [1.29, 1.82) is 0 Å². The van der Waals surface area contributed by atoms with Crippen molar-refractivity contribution in [2.75, 3.05) is 4.90 Å². The monoisotopic (exact) mass is 315 g/mol. The summed E-state index contributed by atoms with van der Waals surface area (Å²) in [5.74, 6) is -0.444. The van der Waals surface area contributed by atoms with Crippen molar-refractivity contribution in [3.05, 3.63) is 64.1 Å². The summed E-state index contributed by atoms with van der Waals surface area (Å²) in [6.45, 7) is 0. The van der Waals surface area contributed by atoms with Crippen molar-refractivity contribution in [2.24, 2.45) is 0 Å². The van der Waals surface area contributed by atoms with E-state index in [1.165, 1.54) is 4.90 Å². The van der Waals surface area contributed by atoms with Crippen LogP contribution >= 0.6 is 15.9 Å². The predicted molar refractivity (Wildman–Crippen MR) is 76.1 cm³/mol. The highest BCUT2D eigenvalue weighted by Crippen LogP contribution is 2.26. The average Bonchev–Trinajstić information content (AvgIpc) is 2.41. The Hall–Kier alpha value is -1.94. The number of rotatable bonds is 1. The quantitative estimate of drug-likeness (QED) is 0.758. The number of anilines is 1. The lowest BCUT2D eigenvalue weighted by Gasteiger charge is -2.26. The second-order valence-electron chi connectivity index (χ2n) is 4.34. The molecule has 0 unspecified atom stereocenters. The van der Waals surface area contributed by atoms with Crippen LogP contribution in [0.2, 0.25) is 0 Å². The third-order valence-corrected chi connectivity index (χ3v) is 3.66. The van der Waals surface area contributed by atoms with Crippen LogP contribution in [0, 0.1) is 0 Å². The van der Waals surface area contributed by atoms with E-state index in [9.17, 15) is 9.59 Å². The maximum Gasteiger partial charge on any atom is 0.265 e. The van der Waals surface area contributed by atoms with E-state index in [0.717, 1.165) is 10.0 Å². The molecule has 0 N–H and O–H groups in total. The first-order chi connectivity index (χ1) is 9.16. The molecule has 0 radical (unpaired) electrons. The van der Waals surface area contributed by atoms with E-state index in [2.05, 4.69) is 15.9 Å². The Morgan fingerprint density at radius 2 is 1.63 bits per heavy atom. The Bertz CT molecular complexity index is 664. The molecule has 19 heavy (non-hydrogen) atoms. The van der Waals surface area contributed by atoms with E-state index in [1.54, 1.807) is 18.2 Å². The molecule has 0 spiro atoms. The molecule has 0 aliphatic carbocycles. The van der Waals surface area contributed by atoms with Crippen molar-refractivity contribution in [3.8, 4) is 0 Å². The summed E-state index contributed by atoms with van der Waals surface area (Å²) in [5.41, 5.74) is 2.00. The fourth-order valence-corrected chi connectivity index (χ4v) is 2.47. The van der Waals surface area contributed by atoms with Crippen molar-refractivity contribution in [1.82, 2.24) is 0 Å². The largest absolute Gasteiger partial charge is 0.274 e. The summed E-state index contributed by atoms with van der Waals surface area (Å²) in [4.78, 5) is 25.8. The summed E-state index contributed by atoms with van der Waals surface area (Å²) in [7, 11) is 0. The van der Waals surface area contributed by atoms with Crippen molar-refractivity contribution in [2.45, 2.75) is 6.42 Å². The standard InChI is InChI=1S/C15H10BrNO2/c16-11-5-7-12(8-6-11)17-14(18)9-10-3-1-2-4-13(10)15(17)19/h1-8H,9H2. The molecule has 2 amide bonds. The minimum atomic E-state index is -0.255. The van der Waals surface area contributed by atoms with Crippen LogP contribution in [0.5, 0.6) is 0 Å². The highest BCUT2D eigenvalue weighted by Gasteiger charge is 2.31. The summed E-state index contributed by atoms with van der Waals surface area (Å²) in [6, 6.07) is 14.4. The number of hydrogen-bond donors (Lipinski definition) is 0. The highest BCUT2D eigenvalue weighted by atomic mass is 79.9. The maximum absolute atomic E-state index is 12.4. The number of carbonyl (C=O) groups excluding carboxylic acids is 2. The lowest BCUT2D eigenvalue weighted by molar-refractivity contribution is -0.117. The van der Waals surface area contributed by atoms with Crippen LogP contribution < -0.4 is 4.90 Å². The van der Waals surface area contributed by atoms with Gasteiger partial charge in [-0.2, -0.15) is 0 Å². The molecule has 2 aromatic carbocycles. The molecule has 0 bridgehead atoms. The zero-order valence-electron chi connectivity index (χ0n) is 9.97.